The molecule has 2 rings (SSSR count). The maximum absolute atomic E-state index is 13.9. The first-order valence-electron chi connectivity index (χ1n) is 6.14. The summed E-state index contributed by atoms with van der Waals surface area (Å²) in [5.41, 5.74) is 6.77. The van der Waals surface area contributed by atoms with Crippen molar-refractivity contribution in [3.63, 3.8) is 0 Å². The van der Waals surface area contributed by atoms with Crippen molar-refractivity contribution >= 4 is 0 Å². The van der Waals surface area contributed by atoms with Crippen LogP contribution in [-0.2, 0) is 0 Å². The van der Waals surface area contributed by atoms with E-state index in [-0.39, 0.29) is 11.1 Å². The molecule has 1 unspecified atom stereocenters. The third kappa shape index (κ3) is 3.72. The Bertz CT molecular complexity index is 640. The second kappa shape index (κ2) is 5.73. The summed E-state index contributed by atoms with van der Waals surface area (Å²) in [5, 5.41) is 0. The number of halogens is 4. The van der Waals surface area contributed by atoms with E-state index in [2.05, 4.69) is 4.74 Å². The lowest BCUT2D eigenvalue weighted by Crippen LogP contribution is -2.21. The van der Waals surface area contributed by atoms with Crippen LogP contribution in [0.1, 0.15) is 22.7 Å². The molecule has 0 fully saturated rings. The van der Waals surface area contributed by atoms with Gasteiger partial charge in [0.15, 0.2) is 0 Å². The SMILES string of the molecule is Cc1ccc(C(N)c2ccccc2OC(F)(F)F)c(F)c1. The van der Waals surface area contributed by atoms with Crippen molar-refractivity contribution in [1.29, 1.82) is 0 Å². The Hall–Kier alpha value is -2.08. The summed E-state index contributed by atoms with van der Waals surface area (Å²) in [6.45, 7) is 1.71. The van der Waals surface area contributed by atoms with Crippen molar-refractivity contribution in [1.82, 2.24) is 0 Å². The van der Waals surface area contributed by atoms with Gasteiger partial charge in [0.2, 0.25) is 0 Å². The zero-order valence-corrected chi connectivity index (χ0v) is 11.1. The van der Waals surface area contributed by atoms with Crippen molar-refractivity contribution in [2.45, 2.75) is 19.3 Å². The molecule has 2 nitrogen and oxygen atoms in total. The first kappa shape index (κ1) is 15.3. The number of rotatable bonds is 3. The molecule has 0 radical (unpaired) electrons. The van der Waals surface area contributed by atoms with Gasteiger partial charge in [-0.2, -0.15) is 0 Å². The molecule has 2 aromatic rings. The minimum Gasteiger partial charge on any atom is -0.405 e. The molecule has 6 heteroatoms. The van der Waals surface area contributed by atoms with Crippen LogP contribution in [0.2, 0.25) is 0 Å². The topological polar surface area (TPSA) is 35.2 Å². The molecule has 0 saturated carbocycles. The highest BCUT2D eigenvalue weighted by molar-refractivity contribution is 5.42. The number of aryl methyl sites for hydroxylation is 1. The maximum atomic E-state index is 13.9. The Morgan fingerprint density at radius 2 is 1.71 bits per heavy atom. The highest BCUT2D eigenvalue weighted by Gasteiger charge is 2.33. The zero-order valence-electron chi connectivity index (χ0n) is 11.1. The van der Waals surface area contributed by atoms with Crippen molar-refractivity contribution < 1.29 is 22.3 Å². The molecule has 0 amide bonds. The van der Waals surface area contributed by atoms with E-state index in [0.717, 1.165) is 6.07 Å². The quantitative estimate of drug-likeness (QED) is 0.867. The Morgan fingerprint density at radius 1 is 1.05 bits per heavy atom. The summed E-state index contributed by atoms with van der Waals surface area (Å²) in [6.07, 6.45) is -4.83. The van der Waals surface area contributed by atoms with Gasteiger partial charge in [0, 0.05) is 11.1 Å². The summed E-state index contributed by atoms with van der Waals surface area (Å²) in [6, 6.07) is 8.77. The largest absolute Gasteiger partial charge is 0.573 e. The molecule has 0 saturated heterocycles. The fourth-order valence-electron chi connectivity index (χ4n) is 2.01. The van der Waals surface area contributed by atoms with Crippen LogP contribution in [0.5, 0.6) is 5.75 Å². The van der Waals surface area contributed by atoms with Crippen LogP contribution in [-0.4, -0.2) is 6.36 Å². The van der Waals surface area contributed by atoms with E-state index in [1.807, 2.05) is 0 Å². The van der Waals surface area contributed by atoms with Gasteiger partial charge in [0.1, 0.15) is 11.6 Å². The molecule has 2 N–H and O–H groups in total. The van der Waals surface area contributed by atoms with Gasteiger partial charge in [-0.1, -0.05) is 30.3 Å². The lowest BCUT2D eigenvalue weighted by molar-refractivity contribution is -0.274. The molecule has 0 aliphatic heterocycles. The standard InChI is InChI=1S/C15H13F4NO/c1-9-6-7-10(12(16)8-9)14(20)11-4-2-3-5-13(11)21-15(17,18)19/h2-8,14H,20H2,1H3. The van der Waals surface area contributed by atoms with E-state index in [9.17, 15) is 17.6 Å². The van der Waals surface area contributed by atoms with Gasteiger partial charge in [0.25, 0.3) is 0 Å². The van der Waals surface area contributed by atoms with Gasteiger partial charge in [0.05, 0.1) is 6.04 Å². The van der Waals surface area contributed by atoms with Gasteiger partial charge in [-0.25, -0.2) is 4.39 Å². The van der Waals surface area contributed by atoms with E-state index < -0.39 is 24.0 Å². The normalized spacial score (nSPS) is 13.0. The summed E-state index contributed by atoms with van der Waals surface area (Å²) >= 11 is 0. The Balaban J connectivity index is 2.41. The molecule has 0 aliphatic carbocycles. The summed E-state index contributed by atoms with van der Waals surface area (Å²) < 4.78 is 55.0. The van der Waals surface area contributed by atoms with Crippen LogP contribution in [0.15, 0.2) is 42.5 Å². The molecular formula is C15H13F4NO. The van der Waals surface area contributed by atoms with Gasteiger partial charge < -0.3 is 10.5 Å². The number of ether oxygens (including phenoxy) is 1. The first-order valence-corrected chi connectivity index (χ1v) is 6.14. The second-order valence-corrected chi connectivity index (χ2v) is 4.59. The minimum atomic E-state index is -4.83. The molecule has 0 aliphatic rings. The second-order valence-electron chi connectivity index (χ2n) is 4.59. The molecule has 0 heterocycles. The Kier molecular flexibility index (Phi) is 4.18. The van der Waals surface area contributed by atoms with Gasteiger partial charge in [-0.15, -0.1) is 13.2 Å². The highest BCUT2D eigenvalue weighted by Crippen LogP contribution is 2.33. The number of hydrogen-bond acceptors (Lipinski definition) is 2. The van der Waals surface area contributed by atoms with E-state index in [0.29, 0.717) is 5.56 Å². The van der Waals surface area contributed by atoms with Crippen molar-refractivity contribution in [2.24, 2.45) is 5.73 Å². The van der Waals surface area contributed by atoms with Gasteiger partial charge in [-0.3, -0.25) is 0 Å². The first-order chi connectivity index (χ1) is 9.78. The average molecular weight is 299 g/mol. The summed E-state index contributed by atoms with van der Waals surface area (Å²) in [4.78, 5) is 0. The van der Waals surface area contributed by atoms with Crippen LogP contribution < -0.4 is 10.5 Å². The molecule has 0 spiro atoms. The number of nitrogens with two attached hydrogens (primary N) is 1. The fraction of sp³-hybridized carbons (Fsp3) is 0.200. The molecule has 21 heavy (non-hydrogen) atoms. The zero-order chi connectivity index (χ0) is 15.6. The minimum absolute atomic E-state index is 0.0672. The smallest absolute Gasteiger partial charge is 0.405 e. The lowest BCUT2D eigenvalue weighted by Gasteiger charge is -2.18. The number of benzene rings is 2. The van der Waals surface area contributed by atoms with Crippen molar-refractivity contribution in [3.05, 3.63) is 65.0 Å². The molecule has 112 valence electrons. The number of alkyl halides is 3. The Labute approximate surface area is 119 Å². The van der Waals surface area contributed by atoms with Crippen LogP contribution in [0.3, 0.4) is 0 Å². The Morgan fingerprint density at radius 3 is 2.33 bits per heavy atom. The molecule has 0 aromatic heterocycles. The molecule has 1 atom stereocenters. The van der Waals surface area contributed by atoms with Gasteiger partial charge >= 0.3 is 6.36 Å². The van der Waals surface area contributed by atoms with Crippen LogP contribution in [0.25, 0.3) is 0 Å². The van der Waals surface area contributed by atoms with E-state index in [4.69, 9.17) is 5.73 Å². The lowest BCUT2D eigenvalue weighted by atomic mass is 9.97. The third-order valence-electron chi connectivity index (χ3n) is 2.97. The fourth-order valence-corrected chi connectivity index (χ4v) is 2.01. The average Bonchev–Trinajstić information content (AvgIpc) is 2.36. The third-order valence-corrected chi connectivity index (χ3v) is 2.97. The predicted molar refractivity (Wildman–Crippen MR) is 70.3 cm³/mol. The molecular weight excluding hydrogens is 286 g/mol. The molecule has 0 bridgehead atoms. The highest BCUT2D eigenvalue weighted by atomic mass is 19.4. The van der Waals surface area contributed by atoms with Crippen molar-refractivity contribution in [2.75, 3.05) is 0 Å². The van der Waals surface area contributed by atoms with Crippen LogP contribution >= 0.6 is 0 Å². The van der Waals surface area contributed by atoms with Crippen molar-refractivity contribution in [3.8, 4) is 5.75 Å². The van der Waals surface area contributed by atoms with Gasteiger partial charge in [-0.05, 0) is 24.6 Å². The summed E-state index contributed by atoms with van der Waals surface area (Å²) in [5.74, 6) is -0.998. The predicted octanol–water partition coefficient (Wildman–Crippen LogP) is 4.08. The summed E-state index contributed by atoms with van der Waals surface area (Å²) in [7, 11) is 0. The monoisotopic (exact) mass is 299 g/mol. The maximum Gasteiger partial charge on any atom is 0.573 e. The number of para-hydroxylation sites is 1. The van der Waals surface area contributed by atoms with Crippen LogP contribution in [0.4, 0.5) is 17.6 Å². The van der Waals surface area contributed by atoms with Crippen LogP contribution in [0, 0.1) is 12.7 Å². The van der Waals surface area contributed by atoms with E-state index >= 15 is 0 Å². The van der Waals surface area contributed by atoms with E-state index in [1.54, 1.807) is 13.0 Å². The van der Waals surface area contributed by atoms with E-state index in [1.165, 1.54) is 30.3 Å². The number of hydrogen-bond donors (Lipinski definition) is 1. The molecule has 2 aromatic carbocycles.